The molecule has 0 fully saturated rings. The van der Waals surface area contributed by atoms with Crippen molar-refractivity contribution in [2.75, 3.05) is 0 Å². The van der Waals surface area contributed by atoms with Gasteiger partial charge in [0.25, 0.3) is 5.91 Å². The maximum Gasteiger partial charge on any atom is 0.251 e. The number of carbonyl (C=O) groups is 1. The molecule has 104 valence electrons. The molecule has 0 radical (unpaired) electrons. The number of aryl methyl sites for hydroxylation is 1. The van der Waals surface area contributed by atoms with Gasteiger partial charge in [-0.05, 0) is 49.2 Å². The predicted molar refractivity (Wildman–Crippen MR) is 88.9 cm³/mol. The molecule has 0 bridgehead atoms. The normalized spacial score (nSPS) is 12.0. The van der Waals surface area contributed by atoms with Crippen molar-refractivity contribution in [1.29, 1.82) is 0 Å². The zero-order chi connectivity index (χ0) is 14.7. The van der Waals surface area contributed by atoms with Gasteiger partial charge < -0.3 is 5.32 Å². The first kappa shape index (κ1) is 15.3. The van der Waals surface area contributed by atoms with Crippen molar-refractivity contribution < 1.29 is 4.79 Å². The van der Waals surface area contributed by atoms with Crippen LogP contribution in [0, 0.1) is 6.92 Å². The highest BCUT2D eigenvalue weighted by Gasteiger charge is 2.12. The molecule has 0 spiro atoms. The molecule has 0 aliphatic rings. The second-order valence-electron chi connectivity index (χ2n) is 4.71. The van der Waals surface area contributed by atoms with Crippen LogP contribution in [0.25, 0.3) is 0 Å². The standard InChI is InChI=1S/C16H15Br2NO/c1-10-3-4-13(9-15(10)18)16(20)19-11(2)12-5-7-14(17)8-6-12/h3-9,11H,1-2H3,(H,19,20)/t11-/m0/s1. The lowest BCUT2D eigenvalue weighted by Gasteiger charge is -2.15. The molecule has 0 unspecified atom stereocenters. The lowest BCUT2D eigenvalue weighted by atomic mass is 10.1. The van der Waals surface area contributed by atoms with Crippen LogP contribution in [0.15, 0.2) is 51.4 Å². The van der Waals surface area contributed by atoms with Gasteiger partial charge in [-0.25, -0.2) is 0 Å². The van der Waals surface area contributed by atoms with Gasteiger partial charge in [0, 0.05) is 14.5 Å². The van der Waals surface area contributed by atoms with E-state index in [2.05, 4.69) is 37.2 Å². The number of benzene rings is 2. The SMILES string of the molecule is Cc1ccc(C(=O)N[C@@H](C)c2ccc(Br)cc2)cc1Br. The van der Waals surface area contributed by atoms with Crippen LogP contribution in [0.1, 0.15) is 34.5 Å². The highest BCUT2D eigenvalue weighted by atomic mass is 79.9. The summed E-state index contributed by atoms with van der Waals surface area (Å²) in [6.45, 7) is 3.97. The highest BCUT2D eigenvalue weighted by Crippen LogP contribution is 2.19. The minimum atomic E-state index is -0.0684. The van der Waals surface area contributed by atoms with Crippen LogP contribution in [0.4, 0.5) is 0 Å². The number of hydrogen-bond donors (Lipinski definition) is 1. The van der Waals surface area contributed by atoms with E-state index in [-0.39, 0.29) is 11.9 Å². The van der Waals surface area contributed by atoms with Crippen molar-refractivity contribution in [3.63, 3.8) is 0 Å². The Labute approximate surface area is 135 Å². The molecular weight excluding hydrogens is 382 g/mol. The number of amides is 1. The zero-order valence-corrected chi connectivity index (χ0v) is 14.5. The molecule has 0 saturated carbocycles. The largest absolute Gasteiger partial charge is 0.346 e. The van der Waals surface area contributed by atoms with Crippen LogP contribution in [0.3, 0.4) is 0 Å². The molecule has 2 aromatic rings. The summed E-state index contributed by atoms with van der Waals surface area (Å²) in [6.07, 6.45) is 0. The summed E-state index contributed by atoms with van der Waals surface area (Å²) in [7, 11) is 0. The van der Waals surface area contributed by atoms with E-state index < -0.39 is 0 Å². The monoisotopic (exact) mass is 395 g/mol. The molecule has 2 nitrogen and oxygen atoms in total. The number of halogens is 2. The molecule has 0 aliphatic heterocycles. The summed E-state index contributed by atoms with van der Waals surface area (Å²) < 4.78 is 1.98. The third-order valence-corrected chi connectivity index (χ3v) is 4.53. The summed E-state index contributed by atoms with van der Waals surface area (Å²) in [5.74, 6) is -0.0684. The van der Waals surface area contributed by atoms with E-state index in [0.29, 0.717) is 5.56 Å². The van der Waals surface area contributed by atoms with Crippen molar-refractivity contribution in [2.45, 2.75) is 19.9 Å². The Kier molecular flexibility index (Phi) is 5.00. The van der Waals surface area contributed by atoms with Gasteiger partial charge in [-0.2, -0.15) is 0 Å². The molecule has 0 aliphatic carbocycles. The highest BCUT2D eigenvalue weighted by molar-refractivity contribution is 9.10. The molecule has 1 atom stereocenters. The average molecular weight is 397 g/mol. The molecular formula is C16H15Br2NO. The van der Waals surface area contributed by atoms with E-state index in [4.69, 9.17) is 0 Å². The van der Waals surface area contributed by atoms with Gasteiger partial charge in [-0.3, -0.25) is 4.79 Å². The van der Waals surface area contributed by atoms with Gasteiger partial charge in [-0.1, -0.05) is 50.1 Å². The second-order valence-corrected chi connectivity index (χ2v) is 6.48. The molecule has 0 heterocycles. The van der Waals surface area contributed by atoms with Gasteiger partial charge in [0.15, 0.2) is 0 Å². The van der Waals surface area contributed by atoms with Gasteiger partial charge in [0.05, 0.1) is 6.04 Å². The Balaban J connectivity index is 2.10. The Morgan fingerprint density at radius 1 is 1.10 bits per heavy atom. The van der Waals surface area contributed by atoms with Crippen molar-refractivity contribution in [3.05, 3.63) is 68.1 Å². The maximum atomic E-state index is 12.2. The second kappa shape index (κ2) is 6.55. The van der Waals surface area contributed by atoms with Gasteiger partial charge in [-0.15, -0.1) is 0 Å². The van der Waals surface area contributed by atoms with Gasteiger partial charge in [0.2, 0.25) is 0 Å². The van der Waals surface area contributed by atoms with E-state index >= 15 is 0 Å². The maximum absolute atomic E-state index is 12.2. The third-order valence-electron chi connectivity index (χ3n) is 3.15. The number of nitrogens with one attached hydrogen (secondary N) is 1. The smallest absolute Gasteiger partial charge is 0.251 e. The van der Waals surface area contributed by atoms with Crippen molar-refractivity contribution in [2.24, 2.45) is 0 Å². The fraction of sp³-hybridized carbons (Fsp3) is 0.188. The zero-order valence-electron chi connectivity index (χ0n) is 11.3. The van der Waals surface area contributed by atoms with E-state index in [1.165, 1.54) is 0 Å². The predicted octanol–water partition coefficient (Wildman–Crippen LogP) is 5.01. The summed E-state index contributed by atoms with van der Waals surface area (Å²) in [6, 6.07) is 13.5. The first-order chi connectivity index (χ1) is 9.47. The van der Waals surface area contributed by atoms with Crippen molar-refractivity contribution in [3.8, 4) is 0 Å². The summed E-state index contributed by atoms with van der Waals surface area (Å²) in [5, 5.41) is 3.00. The van der Waals surface area contributed by atoms with Crippen LogP contribution < -0.4 is 5.32 Å². The molecule has 20 heavy (non-hydrogen) atoms. The first-order valence-electron chi connectivity index (χ1n) is 6.30. The average Bonchev–Trinajstić information content (AvgIpc) is 2.42. The minimum Gasteiger partial charge on any atom is -0.346 e. The molecule has 1 amide bonds. The fourth-order valence-corrected chi connectivity index (χ4v) is 2.49. The number of hydrogen-bond acceptors (Lipinski definition) is 1. The van der Waals surface area contributed by atoms with Crippen molar-refractivity contribution in [1.82, 2.24) is 5.32 Å². The van der Waals surface area contributed by atoms with Crippen LogP contribution >= 0.6 is 31.9 Å². The number of carbonyl (C=O) groups excluding carboxylic acids is 1. The summed E-state index contributed by atoms with van der Waals surface area (Å²) in [5.41, 5.74) is 2.85. The van der Waals surface area contributed by atoms with Crippen LogP contribution in [-0.4, -0.2) is 5.91 Å². The third kappa shape index (κ3) is 3.70. The minimum absolute atomic E-state index is 0.0318. The van der Waals surface area contributed by atoms with Gasteiger partial charge >= 0.3 is 0 Å². The summed E-state index contributed by atoms with van der Waals surface area (Å²) >= 11 is 6.85. The Hall–Kier alpha value is -1.13. The molecule has 2 rings (SSSR count). The van der Waals surface area contributed by atoms with Crippen LogP contribution in [-0.2, 0) is 0 Å². The number of rotatable bonds is 3. The molecule has 2 aromatic carbocycles. The first-order valence-corrected chi connectivity index (χ1v) is 7.88. The molecule has 1 N–H and O–H groups in total. The Morgan fingerprint density at radius 3 is 2.35 bits per heavy atom. The molecule has 0 saturated heterocycles. The lowest BCUT2D eigenvalue weighted by molar-refractivity contribution is 0.0940. The topological polar surface area (TPSA) is 29.1 Å². The van der Waals surface area contributed by atoms with Crippen LogP contribution in [0.2, 0.25) is 0 Å². The Bertz CT molecular complexity index is 623. The van der Waals surface area contributed by atoms with Crippen molar-refractivity contribution >= 4 is 37.8 Å². The fourth-order valence-electron chi connectivity index (χ4n) is 1.85. The Morgan fingerprint density at radius 2 is 1.75 bits per heavy atom. The quantitative estimate of drug-likeness (QED) is 0.775. The molecule has 0 aromatic heterocycles. The van der Waals surface area contributed by atoms with Crippen LogP contribution in [0.5, 0.6) is 0 Å². The summed E-state index contributed by atoms with van der Waals surface area (Å²) in [4.78, 5) is 12.2. The molecule has 4 heteroatoms. The van der Waals surface area contributed by atoms with E-state index in [0.717, 1.165) is 20.1 Å². The van der Waals surface area contributed by atoms with E-state index in [1.54, 1.807) is 0 Å². The van der Waals surface area contributed by atoms with E-state index in [9.17, 15) is 4.79 Å². The van der Waals surface area contributed by atoms with E-state index in [1.807, 2.05) is 56.3 Å². The lowest BCUT2D eigenvalue weighted by Crippen LogP contribution is -2.26. The van der Waals surface area contributed by atoms with Gasteiger partial charge in [0.1, 0.15) is 0 Å².